The summed E-state index contributed by atoms with van der Waals surface area (Å²) < 4.78 is 1.14. The zero-order valence-electron chi connectivity index (χ0n) is 10.1. The summed E-state index contributed by atoms with van der Waals surface area (Å²) in [6, 6.07) is -0.920. The fourth-order valence-electron chi connectivity index (χ4n) is 1.88. The van der Waals surface area contributed by atoms with Crippen LogP contribution in [0.5, 0.6) is 0 Å². The number of Topliss-reactive ketones (excluding diaryl/α,β-unsaturated/α-hetero) is 1. The molecule has 1 heterocycles. The lowest BCUT2D eigenvalue weighted by Crippen LogP contribution is -2.28. The Labute approximate surface area is 98.3 Å². The van der Waals surface area contributed by atoms with E-state index in [9.17, 15) is 14.4 Å². The number of nitrogens with zero attached hydrogens (tertiary/aromatic N) is 1. The number of rotatable bonds is 5. The highest BCUT2D eigenvalue weighted by Crippen LogP contribution is 2.16. The van der Waals surface area contributed by atoms with Gasteiger partial charge in [0.25, 0.3) is 0 Å². The average molecular weight is 240 g/mol. The van der Waals surface area contributed by atoms with E-state index in [-0.39, 0.29) is 11.5 Å². The van der Waals surface area contributed by atoms with Gasteiger partial charge in [0.2, 0.25) is 0 Å². The van der Waals surface area contributed by atoms with Gasteiger partial charge in [-0.05, 0) is 13.3 Å². The fourth-order valence-corrected chi connectivity index (χ4v) is 1.88. The van der Waals surface area contributed by atoms with Gasteiger partial charge in [0, 0.05) is 12.6 Å². The topological polar surface area (TPSA) is 92.2 Å². The number of carboxylic acids is 1. The monoisotopic (exact) mass is 240 g/mol. The van der Waals surface area contributed by atoms with Gasteiger partial charge in [-0.15, -0.1) is 0 Å². The maximum Gasteiger partial charge on any atom is 0.327 e. The minimum atomic E-state index is -1.06. The average Bonchev–Trinajstić information content (AvgIpc) is 2.51. The molecule has 0 aromatic carbocycles. The molecule has 2 N–H and O–H groups in total. The first-order valence-corrected chi connectivity index (χ1v) is 5.45. The molecule has 0 saturated heterocycles. The molecule has 0 amide bonds. The predicted molar refractivity (Wildman–Crippen MR) is 61.4 cm³/mol. The predicted octanol–water partition coefficient (Wildman–Crippen LogP) is 1.11. The van der Waals surface area contributed by atoms with Crippen LogP contribution < -0.4 is 5.69 Å². The third kappa shape index (κ3) is 2.46. The van der Waals surface area contributed by atoms with E-state index in [1.165, 1.54) is 6.92 Å². The molecule has 1 aromatic heterocycles. The van der Waals surface area contributed by atoms with Gasteiger partial charge >= 0.3 is 11.7 Å². The summed E-state index contributed by atoms with van der Waals surface area (Å²) in [4.78, 5) is 36.4. The summed E-state index contributed by atoms with van der Waals surface area (Å²) in [5, 5.41) is 9.10. The van der Waals surface area contributed by atoms with Crippen molar-refractivity contribution in [2.24, 2.45) is 0 Å². The maximum absolute atomic E-state index is 11.7. The number of imidazole rings is 1. The highest BCUT2D eigenvalue weighted by atomic mass is 16.4. The molecule has 1 aromatic rings. The van der Waals surface area contributed by atoms with Gasteiger partial charge in [-0.1, -0.05) is 13.3 Å². The SMILES string of the molecule is CCCC(C(=O)O)n1c(C)c(C(C)=O)[nH]c1=O. The first kappa shape index (κ1) is 13.2. The number of aromatic nitrogens is 2. The van der Waals surface area contributed by atoms with Gasteiger partial charge in [0.1, 0.15) is 11.7 Å². The van der Waals surface area contributed by atoms with Crippen LogP contribution in [0.25, 0.3) is 0 Å². The fraction of sp³-hybridized carbons (Fsp3) is 0.545. The highest BCUT2D eigenvalue weighted by molar-refractivity contribution is 5.93. The van der Waals surface area contributed by atoms with E-state index in [0.717, 1.165) is 4.57 Å². The first-order chi connectivity index (χ1) is 7.90. The van der Waals surface area contributed by atoms with Crippen molar-refractivity contribution in [1.29, 1.82) is 0 Å². The zero-order chi connectivity index (χ0) is 13.2. The highest BCUT2D eigenvalue weighted by Gasteiger charge is 2.25. The third-order valence-corrected chi connectivity index (χ3v) is 2.68. The number of carbonyl (C=O) groups is 2. The van der Waals surface area contributed by atoms with E-state index < -0.39 is 17.7 Å². The van der Waals surface area contributed by atoms with Gasteiger partial charge in [-0.25, -0.2) is 9.59 Å². The Balaban J connectivity index is 3.34. The molecule has 0 fully saturated rings. The maximum atomic E-state index is 11.7. The van der Waals surface area contributed by atoms with E-state index in [1.807, 2.05) is 6.92 Å². The molecule has 6 nitrogen and oxygen atoms in total. The molecule has 0 radical (unpaired) electrons. The molecular formula is C11H16N2O4. The Morgan fingerprint density at radius 2 is 2.06 bits per heavy atom. The van der Waals surface area contributed by atoms with Crippen LogP contribution in [0, 0.1) is 6.92 Å². The molecule has 1 unspecified atom stereocenters. The largest absolute Gasteiger partial charge is 0.480 e. The normalized spacial score (nSPS) is 12.4. The van der Waals surface area contributed by atoms with Crippen molar-refractivity contribution in [2.75, 3.05) is 0 Å². The third-order valence-electron chi connectivity index (χ3n) is 2.68. The number of carbonyl (C=O) groups excluding carboxylic acids is 1. The molecule has 6 heteroatoms. The van der Waals surface area contributed by atoms with Gasteiger partial charge in [-0.3, -0.25) is 9.36 Å². The Morgan fingerprint density at radius 1 is 1.47 bits per heavy atom. The molecule has 17 heavy (non-hydrogen) atoms. The Bertz CT molecular complexity index is 498. The van der Waals surface area contributed by atoms with E-state index in [0.29, 0.717) is 18.5 Å². The Hall–Kier alpha value is -1.85. The molecule has 94 valence electrons. The number of ketones is 1. The van der Waals surface area contributed by atoms with Crippen molar-refractivity contribution < 1.29 is 14.7 Å². The molecule has 0 bridgehead atoms. The second-order valence-electron chi connectivity index (χ2n) is 3.96. The van der Waals surface area contributed by atoms with Crippen molar-refractivity contribution in [3.8, 4) is 0 Å². The molecule has 0 saturated carbocycles. The van der Waals surface area contributed by atoms with Crippen molar-refractivity contribution in [2.45, 2.75) is 39.7 Å². The van der Waals surface area contributed by atoms with Crippen molar-refractivity contribution in [3.63, 3.8) is 0 Å². The summed E-state index contributed by atoms with van der Waals surface area (Å²) in [7, 11) is 0. The molecule has 0 aliphatic carbocycles. The van der Waals surface area contributed by atoms with Gasteiger partial charge in [0.15, 0.2) is 5.78 Å². The minimum absolute atomic E-state index is 0.178. The number of hydrogen-bond acceptors (Lipinski definition) is 3. The minimum Gasteiger partial charge on any atom is -0.480 e. The molecule has 1 rings (SSSR count). The summed E-state index contributed by atoms with van der Waals surface area (Å²) in [5.74, 6) is -1.34. The van der Waals surface area contributed by atoms with Crippen molar-refractivity contribution in [3.05, 3.63) is 21.9 Å². The Kier molecular flexibility index (Phi) is 3.88. The lowest BCUT2D eigenvalue weighted by atomic mass is 10.1. The Morgan fingerprint density at radius 3 is 2.41 bits per heavy atom. The van der Waals surface area contributed by atoms with Crippen LogP contribution in [0.3, 0.4) is 0 Å². The number of H-pyrrole nitrogens is 1. The van der Waals surface area contributed by atoms with Crippen molar-refractivity contribution >= 4 is 11.8 Å². The lowest BCUT2D eigenvalue weighted by Gasteiger charge is -2.13. The van der Waals surface area contributed by atoms with Crippen LogP contribution in [0.2, 0.25) is 0 Å². The molecular weight excluding hydrogens is 224 g/mol. The number of carboxylic acid groups (broad SMARTS) is 1. The number of aliphatic carboxylic acids is 1. The van der Waals surface area contributed by atoms with Crippen LogP contribution in [-0.4, -0.2) is 26.4 Å². The summed E-state index contributed by atoms with van der Waals surface area (Å²) in [6.07, 6.45) is 0.995. The van der Waals surface area contributed by atoms with Crippen LogP contribution in [0.15, 0.2) is 4.79 Å². The van der Waals surface area contributed by atoms with E-state index in [2.05, 4.69) is 4.98 Å². The molecule has 1 atom stereocenters. The number of hydrogen-bond donors (Lipinski definition) is 2. The smallest absolute Gasteiger partial charge is 0.327 e. The van der Waals surface area contributed by atoms with Gasteiger partial charge < -0.3 is 10.1 Å². The summed E-state index contributed by atoms with van der Waals surface area (Å²) in [6.45, 7) is 4.74. The van der Waals surface area contributed by atoms with E-state index >= 15 is 0 Å². The summed E-state index contributed by atoms with van der Waals surface area (Å²) >= 11 is 0. The summed E-state index contributed by atoms with van der Waals surface area (Å²) in [5.41, 5.74) is 0.00857. The molecule has 0 spiro atoms. The van der Waals surface area contributed by atoms with Crippen molar-refractivity contribution in [1.82, 2.24) is 9.55 Å². The molecule has 0 aliphatic heterocycles. The number of aromatic amines is 1. The van der Waals surface area contributed by atoms with Crippen LogP contribution >= 0.6 is 0 Å². The van der Waals surface area contributed by atoms with Gasteiger partial charge in [0.05, 0.1) is 0 Å². The van der Waals surface area contributed by atoms with E-state index in [1.54, 1.807) is 6.92 Å². The second-order valence-corrected chi connectivity index (χ2v) is 3.96. The zero-order valence-corrected chi connectivity index (χ0v) is 10.1. The number of nitrogens with one attached hydrogen (secondary N) is 1. The van der Waals surface area contributed by atoms with Crippen LogP contribution in [0.4, 0.5) is 0 Å². The molecule has 0 aliphatic rings. The van der Waals surface area contributed by atoms with Crippen LogP contribution in [-0.2, 0) is 4.79 Å². The first-order valence-electron chi connectivity index (χ1n) is 5.45. The standard InChI is InChI=1S/C11H16N2O4/c1-4-5-8(10(15)16)13-6(2)9(7(3)14)12-11(13)17/h8H,4-5H2,1-3H3,(H,12,17)(H,15,16). The van der Waals surface area contributed by atoms with E-state index in [4.69, 9.17) is 5.11 Å². The lowest BCUT2D eigenvalue weighted by molar-refractivity contribution is -0.141. The van der Waals surface area contributed by atoms with Gasteiger partial charge in [-0.2, -0.15) is 0 Å². The quantitative estimate of drug-likeness (QED) is 0.754. The second kappa shape index (κ2) is 4.99. The van der Waals surface area contributed by atoms with Crippen LogP contribution in [0.1, 0.15) is 48.9 Å².